The quantitative estimate of drug-likeness (QED) is 0.727. The van der Waals surface area contributed by atoms with Gasteiger partial charge in [0.1, 0.15) is 0 Å². The molecule has 0 unspecified atom stereocenters. The Balaban J connectivity index is 2.29. The third kappa shape index (κ3) is 2.07. The smallest absolute Gasteiger partial charge is 0.159 e. The van der Waals surface area contributed by atoms with Gasteiger partial charge in [0.15, 0.2) is 17.9 Å². The second-order valence-corrected chi connectivity index (χ2v) is 4.53. The summed E-state index contributed by atoms with van der Waals surface area (Å²) in [6, 6.07) is 10.3. The number of nitriles is 1. The highest BCUT2D eigenvalue weighted by atomic mass is 19.2. The third-order valence-electron chi connectivity index (χ3n) is 3.29. The van der Waals surface area contributed by atoms with Crippen LogP contribution in [0.25, 0.3) is 22.2 Å². The summed E-state index contributed by atoms with van der Waals surface area (Å²) in [4.78, 5) is 14.4. The van der Waals surface area contributed by atoms with Crippen LogP contribution in [0.3, 0.4) is 0 Å². The standard InChI is InChI=1S/C16H8F2N2O/c17-13-3-2-10(6-14(13)18)16-12(8-21)11-5-9(7-19)1-4-15(11)20-16/h1-6,8,20H. The van der Waals surface area contributed by atoms with Crippen LogP contribution in [0, 0.1) is 23.0 Å². The average molecular weight is 282 g/mol. The Labute approximate surface area is 118 Å². The molecule has 1 N–H and O–H groups in total. The number of aromatic nitrogens is 1. The van der Waals surface area contributed by atoms with E-state index < -0.39 is 11.6 Å². The molecule has 0 atom stereocenters. The molecule has 102 valence electrons. The number of H-pyrrole nitrogens is 1. The SMILES string of the molecule is N#Cc1ccc2[nH]c(-c3ccc(F)c(F)c3)c(C=O)c2c1. The number of fused-ring (bicyclic) bond motifs is 1. The lowest BCUT2D eigenvalue weighted by molar-refractivity contribution is 0.112. The lowest BCUT2D eigenvalue weighted by Gasteiger charge is -2.01. The normalized spacial score (nSPS) is 10.5. The van der Waals surface area contributed by atoms with Gasteiger partial charge in [-0.1, -0.05) is 0 Å². The molecule has 5 heteroatoms. The lowest BCUT2D eigenvalue weighted by atomic mass is 10.0. The van der Waals surface area contributed by atoms with E-state index >= 15 is 0 Å². The summed E-state index contributed by atoms with van der Waals surface area (Å²) in [6.45, 7) is 0. The topological polar surface area (TPSA) is 56.6 Å². The number of halogens is 2. The number of hydrogen-bond acceptors (Lipinski definition) is 2. The number of aldehydes is 1. The molecule has 0 saturated carbocycles. The fraction of sp³-hybridized carbons (Fsp3) is 0. The van der Waals surface area contributed by atoms with Crippen LogP contribution in [0.5, 0.6) is 0 Å². The molecule has 0 aliphatic rings. The van der Waals surface area contributed by atoms with Crippen LogP contribution in [0.1, 0.15) is 15.9 Å². The summed E-state index contributed by atoms with van der Waals surface area (Å²) in [5, 5.41) is 9.48. The van der Waals surface area contributed by atoms with Gasteiger partial charge in [-0.3, -0.25) is 4.79 Å². The van der Waals surface area contributed by atoms with Crippen LogP contribution in [-0.2, 0) is 0 Å². The molecule has 1 heterocycles. The van der Waals surface area contributed by atoms with Crippen LogP contribution >= 0.6 is 0 Å². The number of carbonyl (C=O) groups excluding carboxylic acids is 1. The van der Waals surface area contributed by atoms with E-state index in [2.05, 4.69) is 4.98 Å². The highest BCUT2D eigenvalue weighted by molar-refractivity contribution is 6.04. The molecule has 0 bridgehead atoms. The van der Waals surface area contributed by atoms with Crippen molar-refractivity contribution >= 4 is 17.2 Å². The first kappa shape index (κ1) is 13.0. The van der Waals surface area contributed by atoms with Gasteiger partial charge in [0.25, 0.3) is 0 Å². The number of benzene rings is 2. The zero-order valence-corrected chi connectivity index (χ0v) is 10.7. The second-order valence-electron chi connectivity index (χ2n) is 4.53. The zero-order chi connectivity index (χ0) is 15.0. The van der Waals surface area contributed by atoms with Gasteiger partial charge in [-0.2, -0.15) is 5.26 Å². The van der Waals surface area contributed by atoms with Gasteiger partial charge in [0, 0.05) is 22.0 Å². The summed E-state index contributed by atoms with van der Waals surface area (Å²) in [7, 11) is 0. The van der Waals surface area contributed by atoms with Gasteiger partial charge in [0.05, 0.1) is 17.3 Å². The van der Waals surface area contributed by atoms with E-state index in [9.17, 15) is 13.6 Å². The maximum absolute atomic E-state index is 13.4. The van der Waals surface area contributed by atoms with Crippen molar-refractivity contribution in [1.82, 2.24) is 4.98 Å². The number of rotatable bonds is 2. The summed E-state index contributed by atoms with van der Waals surface area (Å²) in [6.07, 6.45) is 0.635. The first-order valence-electron chi connectivity index (χ1n) is 6.10. The van der Waals surface area contributed by atoms with E-state index in [1.165, 1.54) is 6.07 Å². The van der Waals surface area contributed by atoms with Gasteiger partial charge in [-0.25, -0.2) is 8.78 Å². The maximum Gasteiger partial charge on any atom is 0.159 e. The van der Waals surface area contributed by atoms with E-state index in [1.54, 1.807) is 18.2 Å². The predicted molar refractivity (Wildman–Crippen MR) is 73.8 cm³/mol. The highest BCUT2D eigenvalue weighted by Gasteiger charge is 2.14. The number of hydrogen-bond donors (Lipinski definition) is 1. The largest absolute Gasteiger partial charge is 0.354 e. The minimum atomic E-state index is -0.985. The number of nitrogens with one attached hydrogen (secondary N) is 1. The van der Waals surface area contributed by atoms with Gasteiger partial charge in [-0.15, -0.1) is 0 Å². The van der Waals surface area contributed by atoms with Crippen molar-refractivity contribution < 1.29 is 13.6 Å². The Hall–Kier alpha value is -3.00. The van der Waals surface area contributed by atoms with Crippen LogP contribution in [0.4, 0.5) is 8.78 Å². The van der Waals surface area contributed by atoms with E-state index in [1.807, 2.05) is 6.07 Å². The van der Waals surface area contributed by atoms with Gasteiger partial charge < -0.3 is 4.98 Å². The molecule has 3 nitrogen and oxygen atoms in total. The summed E-state index contributed by atoms with van der Waals surface area (Å²) in [5.41, 5.74) is 2.14. The van der Waals surface area contributed by atoms with Gasteiger partial charge in [-0.05, 0) is 36.4 Å². The van der Waals surface area contributed by atoms with Gasteiger partial charge >= 0.3 is 0 Å². The molecule has 21 heavy (non-hydrogen) atoms. The average Bonchev–Trinajstić information content (AvgIpc) is 2.87. The molecule has 0 amide bonds. The predicted octanol–water partition coefficient (Wildman–Crippen LogP) is 3.80. The van der Waals surface area contributed by atoms with Crippen molar-refractivity contribution in [2.45, 2.75) is 0 Å². The van der Waals surface area contributed by atoms with Crippen molar-refractivity contribution in [1.29, 1.82) is 5.26 Å². The van der Waals surface area contributed by atoms with Crippen LogP contribution in [0.15, 0.2) is 36.4 Å². The molecule has 0 saturated heterocycles. The number of aromatic amines is 1. The molecule has 3 aromatic rings. The van der Waals surface area contributed by atoms with Crippen molar-refractivity contribution in [3.8, 4) is 17.3 Å². The molecule has 1 aromatic heterocycles. The zero-order valence-electron chi connectivity index (χ0n) is 10.7. The van der Waals surface area contributed by atoms with E-state index in [-0.39, 0.29) is 0 Å². The molecule has 0 aliphatic heterocycles. The number of nitrogens with zero attached hydrogens (tertiary/aromatic N) is 1. The Morgan fingerprint density at radius 3 is 2.57 bits per heavy atom. The minimum absolute atomic E-state index is 0.313. The first-order chi connectivity index (χ1) is 10.1. The maximum atomic E-state index is 13.4. The van der Waals surface area contributed by atoms with E-state index in [0.29, 0.717) is 39.6 Å². The van der Waals surface area contributed by atoms with Gasteiger partial charge in [0.2, 0.25) is 0 Å². The summed E-state index contributed by atoms with van der Waals surface area (Å²) in [5.74, 6) is -1.94. The van der Waals surface area contributed by atoms with E-state index in [4.69, 9.17) is 5.26 Å². The summed E-state index contributed by atoms with van der Waals surface area (Å²) < 4.78 is 26.4. The fourth-order valence-electron chi connectivity index (χ4n) is 2.28. The third-order valence-corrected chi connectivity index (χ3v) is 3.29. The Bertz CT molecular complexity index is 907. The molecular formula is C16H8F2N2O. The molecular weight excluding hydrogens is 274 g/mol. The molecule has 0 spiro atoms. The van der Waals surface area contributed by atoms with Crippen LogP contribution in [-0.4, -0.2) is 11.3 Å². The van der Waals surface area contributed by atoms with E-state index in [0.717, 1.165) is 12.1 Å². The molecule has 0 radical (unpaired) electrons. The molecule has 0 fully saturated rings. The fourth-order valence-corrected chi connectivity index (χ4v) is 2.28. The number of carbonyl (C=O) groups is 1. The van der Waals surface area contributed by atoms with Crippen LogP contribution in [0.2, 0.25) is 0 Å². The van der Waals surface area contributed by atoms with Crippen molar-refractivity contribution in [2.24, 2.45) is 0 Å². The van der Waals surface area contributed by atoms with Crippen molar-refractivity contribution in [2.75, 3.05) is 0 Å². The minimum Gasteiger partial charge on any atom is -0.354 e. The monoisotopic (exact) mass is 282 g/mol. The Kier molecular flexibility index (Phi) is 2.99. The molecule has 2 aromatic carbocycles. The first-order valence-corrected chi connectivity index (χ1v) is 6.10. The second kappa shape index (κ2) is 4.84. The Morgan fingerprint density at radius 1 is 1.10 bits per heavy atom. The Morgan fingerprint density at radius 2 is 1.90 bits per heavy atom. The van der Waals surface area contributed by atoms with Crippen molar-refractivity contribution in [3.63, 3.8) is 0 Å². The molecule has 3 rings (SSSR count). The van der Waals surface area contributed by atoms with Crippen molar-refractivity contribution in [3.05, 3.63) is 59.2 Å². The lowest BCUT2D eigenvalue weighted by Crippen LogP contribution is -1.88. The molecule has 0 aliphatic carbocycles. The summed E-state index contributed by atoms with van der Waals surface area (Å²) >= 11 is 0. The highest BCUT2D eigenvalue weighted by Crippen LogP contribution is 2.30. The van der Waals surface area contributed by atoms with Crippen LogP contribution < -0.4 is 0 Å².